The summed E-state index contributed by atoms with van der Waals surface area (Å²) in [5.74, 6) is 0.325. The van der Waals surface area contributed by atoms with Gasteiger partial charge in [-0.05, 0) is 18.1 Å². The zero-order valence-corrected chi connectivity index (χ0v) is 9.05. The summed E-state index contributed by atoms with van der Waals surface area (Å²) in [6, 6.07) is 5.74. The fourth-order valence-corrected chi connectivity index (χ4v) is 1.45. The Bertz CT molecular complexity index is 334. The molecule has 1 rings (SSSR count). The predicted molar refractivity (Wildman–Crippen MR) is 59.7 cm³/mol. The van der Waals surface area contributed by atoms with Gasteiger partial charge in [-0.1, -0.05) is 23.8 Å². The first-order valence-corrected chi connectivity index (χ1v) is 5.12. The van der Waals surface area contributed by atoms with Crippen LogP contribution in [0.1, 0.15) is 16.7 Å². The Morgan fingerprint density at radius 3 is 2.71 bits per heavy atom. The van der Waals surface area contributed by atoms with Crippen molar-refractivity contribution >= 4 is 18.4 Å². The average Bonchev–Trinajstić information content (AvgIpc) is 2.20. The molecule has 0 aromatic heterocycles. The molecule has 0 atom stereocenters. The maximum Gasteiger partial charge on any atom is 0.146 e. The molecular weight excluding hydrogens is 196 g/mol. The van der Waals surface area contributed by atoms with Gasteiger partial charge in [0.1, 0.15) is 5.78 Å². The molecule has 0 amide bonds. The van der Waals surface area contributed by atoms with Gasteiger partial charge < -0.3 is 5.11 Å². The molecule has 0 saturated heterocycles. The molecule has 0 bridgehead atoms. The Labute approximate surface area is 89.4 Å². The number of Topliss-reactive ketones (excluding diaryl/α,β-unsaturated/α-hetero) is 1. The van der Waals surface area contributed by atoms with Crippen LogP contribution >= 0.6 is 12.6 Å². The van der Waals surface area contributed by atoms with Crippen molar-refractivity contribution in [2.45, 2.75) is 20.0 Å². The number of thiol groups is 1. The number of carbonyl (C=O) groups is 1. The van der Waals surface area contributed by atoms with E-state index in [9.17, 15) is 4.79 Å². The molecule has 0 aliphatic carbocycles. The van der Waals surface area contributed by atoms with Crippen LogP contribution in [0.15, 0.2) is 18.2 Å². The molecule has 0 fully saturated rings. The van der Waals surface area contributed by atoms with Crippen molar-refractivity contribution in [3.63, 3.8) is 0 Å². The summed E-state index contributed by atoms with van der Waals surface area (Å²) in [6.07, 6.45) is 0.361. The molecule has 0 saturated carbocycles. The smallest absolute Gasteiger partial charge is 0.146 e. The number of carbonyl (C=O) groups excluding carboxylic acids is 1. The second-order valence-corrected chi connectivity index (χ2v) is 3.62. The lowest BCUT2D eigenvalue weighted by atomic mass is 10.0. The first-order valence-electron chi connectivity index (χ1n) is 4.49. The predicted octanol–water partition coefficient (Wildman–Crippen LogP) is 1.53. The molecule has 1 aromatic rings. The molecule has 14 heavy (non-hydrogen) atoms. The van der Waals surface area contributed by atoms with Crippen LogP contribution in [-0.2, 0) is 17.8 Å². The van der Waals surface area contributed by atoms with E-state index in [0.29, 0.717) is 6.42 Å². The number of aryl methyl sites for hydroxylation is 1. The summed E-state index contributed by atoms with van der Waals surface area (Å²) in [4.78, 5) is 11.2. The van der Waals surface area contributed by atoms with Crippen molar-refractivity contribution in [3.05, 3.63) is 34.9 Å². The summed E-state index contributed by atoms with van der Waals surface area (Å²) in [5, 5.41) is 9.10. The van der Waals surface area contributed by atoms with E-state index in [4.69, 9.17) is 5.11 Å². The Kier molecular flexibility index (Phi) is 4.17. The van der Waals surface area contributed by atoms with E-state index in [1.54, 1.807) is 0 Å². The Balaban J connectivity index is 2.90. The van der Waals surface area contributed by atoms with Gasteiger partial charge in [0, 0.05) is 12.2 Å². The molecule has 1 aromatic carbocycles. The van der Waals surface area contributed by atoms with Crippen molar-refractivity contribution < 1.29 is 9.90 Å². The monoisotopic (exact) mass is 210 g/mol. The number of hydrogen-bond donors (Lipinski definition) is 2. The van der Waals surface area contributed by atoms with Crippen LogP contribution in [0.2, 0.25) is 0 Å². The van der Waals surface area contributed by atoms with Crippen LogP contribution in [0, 0.1) is 6.92 Å². The van der Waals surface area contributed by atoms with E-state index in [0.717, 1.165) is 16.7 Å². The van der Waals surface area contributed by atoms with E-state index in [1.165, 1.54) is 0 Å². The molecule has 76 valence electrons. The molecule has 2 nitrogen and oxygen atoms in total. The van der Waals surface area contributed by atoms with Crippen LogP contribution in [0.5, 0.6) is 0 Å². The van der Waals surface area contributed by atoms with Gasteiger partial charge in [0.05, 0.1) is 6.61 Å². The third-order valence-corrected chi connectivity index (χ3v) is 2.45. The third kappa shape index (κ3) is 2.86. The SMILES string of the molecule is Cc1ccc(CC(=O)CS)c(CO)c1. The highest BCUT2D eigenvalue weighted by Gasteiger charge is 2.06. The lowest BCUT2D eigenvalue weighted by Crippen LogP contribution is -2.06. The standard InChI is InChI=1S/C11H14O2S/c1-8-2-3-9(5-11(13)7-14)10(4-8)6-12/h2-4,12,14H,5-7H2,1H3. The zero-order valence-electron chi connectivity index (χ0n) is 8.16. The largest absolute Gasteiger partial charge is 0.392 e. The summed E-state index contributed by atoms with van der Waals surface area (Å²) in [7, 11) is 0. The Hall–Kier alpha value is -0.800. The first kappa shape index (κ1) is 11.3. The third-order valence-electron chi connectivity index (χ3n) is 2.10. The van der Waals surface area contributed by atoms with Gasteiger partial charge in [-0.25, -0.2) is 0 Å². The van der Waals surface area contributed by atoms with Gasteiger partial charge >= 0.3 is 0 Å². The normalized spacial score (nSPS) is 10.2. The van der Waals surface area contributed by atoms with Crippen molar-refractivity contribution in [3.8, 4) is 0 Å². The summed E-state index contributed by atoms with van der Waals surface area (Å²) >= 11 is 3.92. The molecule has 1 N–H and O–H groups in total. The average molecular weight is 210 g/mol. The Morgan fingerprint density at radius 1 is 1.43 bits per heavy atom. The van der Waals surface area contributed by atoms with E-state index >= 15 is 0 Å². The number of ketones is 1. The maximum atomic E-state index is 11.2. The van der Waals surface area contributed by atoms with Crippen LogP contribution in [0.25, 0.3) is 0 Å². The minimum absolute atomic E-state index is 0.0170. The van der Waals surface area contributed by atoms with Gasteiger partial charge in [0.15, 0.2) is 0 Å². The zero-order chi connectivity index (χ0) is 10.6. The molecule has 0 radical (unpaired) electrons. The molecule has 3 heteroatoms. The maximum absolute atomic E-state index is 11.2. The minimum Gasteiger partial charge on any atom is -0.392 e. The molecule has 0 aliphatic heterocycles. The number of benzene rings is 1. The molecule has 0 spiro atoms. The van der Waals surface area contributed by atoms with Gasteiger partial charge in [0.2, 0.25) is 0 Å². The van der Waals surface area contributed by atoms with Crippen LogP contribution in [-0.4, -0.2) is 16.6 Å². The van der Waals surface area contributed by atoms with E-state index < -0.39 is 0 Å². The number of rotatable bonds is 4. The summed E-state index contributed by atoms with van der Waals surface area (Å²) in [5.41, 5.74) is 2.83. The van der Waals surface area contributed by atoms with E-state index in [1.807, 2.05) is 25.1 Å². The fourth-order valence-electron chi connectivity index (χ4n) is 1.34. The highest BCUT2D eigenvalue weighted by Crippen LogP contribution is 2.13. The molecule has 0 heterocycles. The van der Waals surface area contributed by atoms with Crippen LogP contribution < -0.4 is 0 Å². The fraction of sp³-hybridized carbons (Fsp3) is 0.364. The number of aliphatic hydroxyl groups excluding tert-OH is 1. The summed E-state index contributed by atoms with van der Waals surface area (Å²) in [6.45, 7) is 1.94. The second-order valence-electron chi connectivity index (χ2n) is 3.30. The van der Waals surface area contributed by atoms with Crippen molar-refractivity contribution in [2.75, 3.05) is 5.75 Å². The van der Waals surface area contributed by atoms with E-state index in [2.05, 4.69) is 12.6 Å². The van der Waals surface area contributed by atoms with Gasteiger partial charge in [0.25, 0.3) is 0 Å². The second kappa shape index (κ2) is 5.17. The summed E-state index contributed by atoms with van der Waals surface area (Å²) < 4.78 is 0. The highest BCUT2D eigenvalue weighted by molar-refractivity contribution is 7.81. The van der Waals surface area contributed by atoms with E-state index in [-0.39, 0.29) is 18.1 Å². The highest BCUT2D eigenvalue weighted by atomic mass is 32.1. The van der Waals surface area contributed by atoms with Gasteiger partial charge in [-0.3, -0.25) is 4.79 Å². The van der Waals surface area contributed by atoms with Gasteiger partial charge in [-0.2, -0.15) is 12.6 Å². The Morgan fingerprint density at radius 2 is 2.14 bits per heavy atom. The lowest BCUT2D eigenvalue weighted by Gasteiger charge is -2.06. The number of aliphatic hydroxyl groups is 1. The van der Waals surface area contributed by atoms with Gasteiger partial charge in [-0.15, -0.1) is 0 Å². The number of hydrogen-bond acceptors (Lipinski definition) is 3. The molecule has 0 aliphatic rings. The van der Waals surface area contributed by atoms with Crippen molar-refractivity contribution in [1.82, 2.24) is 0 Å². The minimum atomic E-state index is -0.0170. The molecular formula is C11H14O2S. The van der Waals surface area contributed by atoms with Crippen LogP contribution in [0.4, 0.5) is 0 Å². The first-order chi connectivity index (χ1) is 6.67. The van der Waals surface area contributed by atoms with Crippen molar-refractivity contribution in [1.29, 1.82) is 0 Å². The quantitative estimate of drug-likeness (QED) is 0.739. The lowest BCUT2D eigenvalue weighted by molar-refractivity contribution is -0.115. The van der Waals surface area contributed by atoms with Crippen LogP contribution in [0.3, 0.4) is 0 Å². The molecule has 0 unspecified atom stereocenters. The topological polar surface area (TPSA) is 37.3 Å². The van der Waals surface area contributed by atoms with Crippen molar-refractivity contribution in [2.24, 2.45) is 0 Å².